The Morgan fingerprint density at radius 2 is 1.86 bits per heavy atom. The number of nitrogens with zero attached hydrogens (tertiary/aromatic N) is 1. The second-order valence-electron chi connectivity index (χ2n) is 10.6. The SMILES string of the molecule is CC(=O)OC1CC[C@]2(C)C(CCC3C4CCC(/C(C)=N/O)[C@]4(C)CC(=O)C32)C1. The van der Waals surface area contributed by atoms with Gasteiger partial charge in [0, 0.05) is 25.2 Å². The molecular formula is C23H35NO4. The molecule has 0 radical (unpaired) electrons. The summed E-state index contributed by atoms with van der Waals surface area (Å²) in [6.45, 7) is 8.00. The van der Waals surface area contributed by atoms with Crippen molar-refractivity contribution in [3.8, 4) is 0 Å². The van der Waals surface area contributed by atoms with Gasteiger partial charge in [-0.05, 0) is 80.5 Å². The maximum atomic E-state index is 13.6. The first kappa shape index (κ1) is 19.9. The predicted octanol–water partition coefficient (Wildman–Crippen LogP) is 4.61. The smallest absolute Gasteiger partial charge is 0.302 e. The Kier molecular flexibility index (Phi) is 4.86. The average molecular weight is 390 g/mol. The second kappa shape index (κ2) is 6.84. The third kappa shape index (κ3) is 2.83. The summed E-state index contributed by atoms with van der Waals surface area (Å²) >= 11 is 0. The van der Waals surface area contributed by atoms with E-state index in [1.54, 1.807) is 0 Å². The van der Waals surface area contributed by atoms with E-state index >= 15 is 0 Å². The van der Waals surface area contributed by atoms with Gasteiger partial charge in [-0.2, -0.15) is 0 Å². The van der Waals surface area contributed by atoms with Crippen molar-refractivity contribution in [1.29, 1.82) is 0 Å². The lowest BCUT2D eigenvalue weighted by molar-refractivity contribution is -0.168. The van der Waals surface area contributed by atoms with Crippen molar-refractivity contribution in [3.05, 3.63) is 0 Å². The average Bonchev–Trinajstić information content (AvgIpc) is 2.97. The summed E-state index contributed by atoms with van der Waals surface area (Å²) in [5.74, 6) is 2.07. The van der Waals surface area contributed by atoms with E-state index in [0.717, 1.165) is 50.7 Å². The van der Waals surface area contributed by atoms with Crippen LogP contribution in [0.15, 0.2) is 5.16 Å². The Morgan fingerprint density at radius 1 is 1.11 bits per heavy atom. The van der Waals surface area contributed by atoms with Gasteiger partial charge in [-0.25, -0.2) is 0 Å². The van der Waals surface area contributed by atoms with E-state index in [9.17, 15) is 14.8 Å². The minimum atomic E-state index is -0.190. The Labute approximate surface area is 168 Å². The molecule has 8 atom stereocenters. The summed E-state index contributed by atoms with van der Waals surface area (Å²) in [4.78, 5) is 25.0. The van der Waals surface area contributed by atoms with Crippen LogP contribution in [-0.4, -0.2) is 28.8 Å². The Morgan fingerprint density at radius 3 is 2.54 bits per heavy atom. The van der Waals surface area contributed by atoms with Gasteiger partial charge in [0.2, 0.25) is 0 Å². The van der Waals surface area contributed by atoms with Crippen molar-refractivity contribution in [2.75, 3.05) is 0 Å². The molecule has 0 heterocycles. The first-order chi connectivity index (χ1) is 13.2. The van der Waals surface area contributed by atoms with Crippen molar-refractivity contribution in [2.45, 2.75) is 85.2 Å². The van der Waals surface area contributed by atoms with Crippen LogP contribution in [0.4, 0.5) is 0 Å². The molecule has 0 saturated heterocycles. The molecule has 0 spiro atoms. The number of ether oxygens (including phenoxy) is 1. The maximum Gasteiger partial charge on any atom is 0.302 e. The van der Waals surface area contributed by atoms with Crippen molar-refractivity contribution < 1.29 is 19.5 Å². The topological polar surface area (TPSA) is 76.0 Å². The lowest BCUT2D eigenvalue weighted by atomic mass is 9.44. The Bertz CT molecular complexity index is 703. The summed E-state index contributed by atoms with van der Waals surface area (Å²) in [7, 11) is 0. The molecule has 1 N–H and O–H groups in total. The second-order valence-corrected chi connectivity index (χ2v) is 10.6. The summed E-state index contributed by atoms with van der Waals surface area (Å²) in [6, 6.07) is 0. The molecule has 5 nitrogen and oxygen atoms in total. The molecule has 4 fully saturated rings. The number of fused-ring (bicyclic) bond motifs is 5. The zero-order valence-corrected chi connectivity index (χ0v) is 17.7. The fourth-order valence-electron chi connectivity index (χ4n) is 8.13. The molecule has 0 bridgehead atoms. The predicted molar refractivity (Wildman–Crippen MR) is 106 cm³/mol. The van der Waals surface area contributed by atoms with Crippen LogP contribution in [0.3, 0.4) is 0 Å². The van der Waals surface area contributed by atoms with Gasteiger partial charge < -0.3 is 9.94 Å². The fourth-order valence-corrected chi connectivity index (χ4v) is 8.13. The van der Waals surface area contributed by atoms with Crippen LogP contribution in [0.1, 0.15) is 79.1 Å². The number of Topliss-reactive ketones (excluding diaryl/α,β-unsaturated/α-hetero) is 1. The molecule has 4 aliphatic carbocycles. The molecule has 4 saturated carbocycles. The van der Waals surface area contributed by atoms with E-state index in [0.29, 0.717) is 30.0 Å². The number of carbonyl (C=O) groups is 2. The minimum absolute atomic E-state index is 0.0235. The molecule has 0 amide bonds. The molecule has 5 heteroatoms. The Hall–Kier alpha value is -1.39. The number of hydrogen-bond donors (Lipinski definition) is 1. The van der Waals surface area contributed by atoms with E-state index in [4.69, 9.17) is 4.74 Å². The molecule has 0 aliphatic heterocycles. The van der Waals surface area contributed by atoms with Gasteiger partial charge >= 0.3 is 5.97 Å². The number of carbonyl (C=O) groups excluding carboxylic acids is 2. The zero-order chi connectivity index (χ0) is 20.3. The van der Waals surface area contributed by atoms with Crippen LogP contribution in [0, 0.1) is 40.4 Å². The highest BCUT2D eigenvalue weighted by molar-refractivity contribution is 5.89. The molecule has 4 aliphatic rings. The molecule has 4 rings (SSSR count). The lowest BCUT2D eigenvalue weighted by Gasteiger charge is -2.60. The van der Waals surface area contributed by atoms with Gasteiger partial charge in [0.25, 0.3) is 0 Å². The molecule has 156 valence electrons. The van der Waals surface area contributed by atoms with Gasteiger partial charge in [-0.15, -0.1) is 0 Å². The van der Waals surface area contributed by atoms with Crippen LogP contribution in [-0.2, 0) is 14.3 Å². The Balaban J connectivity index is 1.60. The molecule has 28 heavy (non-hydrogen) atoms. The van der Waals surface area contributed by atoms with E-state index in [1.165, 1.54) is 6.92 Å². The van der Waals surface area contributed by atoms with Crippen LogP contribution < -0.4 is 0 Å². The first-order valence-corrected chi connectivity index (χ1v) is 11.1. The quantitative estimate of drug-likeness (QED) is 0.324. The third-order valence-corrected chi connectivity index (χ3v) is 9.30. The van der Waals surface area contributed by atoms with Crippen molar-refractivity contribution in [2.24, 2.45) is 45.6 Å². The standard InChI is InChI=1S/C23H35NO4/c1-13(24-27)18-7-8-19-17-6-5-15-11-16(28-14(2)25)9-10-22(15,3)21(17)20(26)12-23(18,19)4/h15-19,21,27H,5-12H2,1-4H3/b24-13+/t15?,16?,17?,18?,19?,21?,22-,23+/m1/s1. The zero-order valence-electron chi connectivity index (χ0n) is 17.7. The van der Waals surface area contributed by atoms with Gasteiger partial charge in [0.05, 0.1) is 5.71 Å². The number of oxime groups is 1. The van der Waals surface area contributed by atoms with E-state index in [-0.39, 0.29) is 34.7 Å². The largest absolute Gasteiger partial charge is 0.463 e. The van der Waals surface area contributed by atoms with E-state index < -0.39 is 0 Å². The van der Waals surface area contributed by atoms with Gasteiger partial charge in [0.15, 0.2) is 0 Å². The highest BCUT2D eigenvalue weighted by Gasteiger charge is 2.63. The number of rotatable bonds is 2. The summed E-state index contributed by atoms with van der Waals surface area (Å²) in [5.41, 5.74) is 0.765. The van der Waals surface area contributed by atoms with Crippen LogP contribution >= 0.6 is 0 Å². The van der Waals surface area contributed by atoms with E-state index in [1.807, 2.05) is 6.92 Å². The summed E-state index contributed by atoms with van der Waals surface area (Å²) < 4.78 is 5.53. The normalized spacial score (nSPS) is 48.4. The number of ketones is 1. The molecular weight excluding hydrogens is 354 g/mol. The third-order valence-electron chi connectivity index (χ3n) is 9.30. The lowest BCUT2D eigenvalue weighted by Crippen LogP contribution is -2.58. The molecule has 0 aromatic carbocycles. The van der Waals surface area contributed by atoms with Gasteiger partial charge in [-0.1, -0.05) is 19.0 Å². The van der Waals surface area contributed by atoms with Crippen molar-refractivity contribution in [1.82, 2.24) is 0 Å². The molecule has 0 aromatic rings. The van der Waals surface area contributed by atoms with Crippen LogP contribution in [0.25, 0.3) is 0 Å². The summed E-state index contributed by atoms with van der Waals surface area (Å²) in [5, 5.41) is 12.9. The number of hydrogen-bond acceptors (Lipinski definition) is 5. The first-order valence-electron chi connectivity index (χ1n) is 11.1. The highest BCUT2D eigenvalue weighted by Crippen LogP contribution is 2.66. The maximum absolute atomic E-state index is 13.6. The molecule has 0 aromatic heterocycles. The monoisotopic (exact) mass is 389 g/mol. The number of esters is 1. The van der Waals surface area contributed by atoms with Crippen LogP contribution in [0.2, 0.25) is 0 Å². The highest BCUT2D eigenvalue weighted by atomic mass is 16.5. The minimum Gasteiger partial charge on any atom is -0.463 e. The van der Waals surface area contributed by atoms with Gasteiger partial charge in [-0.3, -0.25) is 9.59 Å². The van der Waals surface area contributed by atoms with Gasteiger partial charge in [0.1, 0.15) is 11.9 Å². The molecule has 6 unspecified atom stereocenters. The fraction of sp³-hybridized carbons (Fsp3) is 0.870. The van der Waals surface area contributed by atoms with Crippen molar-refractivity contribution >= 4 is 17.5 Å². The summed E-state index contributed by atoms with van der Waals surface area (Å²) in [6.07, 6.45) is 7.81. The van der Waals surface area contributed by atoms with E-state index in [2.05, 4.69) is 19.0 Å². The van der Waals surface area contributed by atoms with Crippen molar-refractivity contribution in [3.63, 3.8) is 0 Å². The van der Waals surface area contributed by atoms with Crippen LogP contribution in [0.5, 0.6) is 0 Å².